The van der Waals surface area contributed by atoms with Crippen molar-refractivity contribution in [3.05, 3.63) is 17.0 Å². The van der Waals surface area contributed by atoms with Gasteiger partial charge in [-0.15, -0.1) is 0 Å². The second kappa shape index (κ2) is 5.75. The van der Waals surface area contributed by atoms with Gasteiger partial charge in [-0.3, -0.25) is 0 Å². The summed E-state index contributed by atoms with van der Waals surface area (Å²) in [7, 11) is 0. The maximum absolute atomic E-state index is 13.2. The van der Waals surface area contributed by atoms with Crippen LogP contribution in [0, 0.1) is 6.92 Å². The van der Waals surface area contributed by atoms with Crippen LogP contribution in [0.15, 0.2) is 10.6 Å². The predicted molar refractivity (Wildman–Crippen MR) is 75.9 cm³/mol. The van der Waals surface area contributed by atoms with Gasteiger partial charge in [0.15, 0.2) is 5.82 Å². The Morgan fingerprint density at radius 3 is 2.64 bits per heavy atom. The lowest BCUT2D eigenvalue weighted by Crippen LogP contribution is -2.32. The maximum atomic E-state index is 13.2. The van der Waals surface area contributed by atoms with E-state index in [1.165, 1.54) is 0 Å². The molecule has 1 N–H and O–H groups in total. The number of aromatic nitrogens is 4. The zero-order valence-electron chi connectivity index (χ0n) is 11.8. The topological polar surface area (TPSA) is 76.7 Å². The van der Waals surface area contributed by atoms with Crippen molar-refractivity contribution in [2.45, 2.75) is 44.6 Å². The Morgan fingerprint density at radius 2 is 2.00 bits per heavy atom. The molecule has 6 nitrogen and oxygen atoms in total. The monoisotopic (exact) mass is 329 g/mol. The minimum Gasteiger partial charge on any atom is -0.367 e. The van der Waals surface area contributed by atoms with Gasteiger partial charge < -0.3 is 9.84 Å². The highest BCUT2D eigenvalue weighted by Crippen LogP contribution is 2.34. The van der Waals surface area contributed by atoms with Crippen LogP contribution in [-0.4, -0.2) is 32.1 Å². The normalized spacial score (nSPS) is 18.4. The number of nitrogens with zero attached hydrogens (tertiary/aromatic N) is 4. The van der Waals surface area contributed by atoms with E-state index in [9.17, 15) is 8.78 Å². The molecule has 2 aromatic rings. The summed E-state index contributed by atoms with van der Waals surface area (Å²) in [6.45, 7) is 1.68. The smallest absolute Gasteiger partial charge is 0.295 e. The Hall–Kier alpha value is -1.83. The van der Waals surface area contributed by atoms with Crippen LogP contribution in [-0.2, 0) is 0 Å². The fourth-order valence-electron chi connectivity index (χ4n) is 2.37. The van der Waals surface area contributed by atoms with Gasteiger partial charge in [0.05, 0.1) is 0 Å². The molecule has 1 saturated carbocycles. The van der Waals surface area contributed by atoms with Gasteiger partial charge >= 0.3 is 0 Å². The molecule has 0 aromatic carbocycles. The number of aryl methyl sites for hydroxylation is 1. The fraction of sp³-hybridized carbons (Fsp3) is 0.538. The molecule has 0 bridgehead atoms. The third kappa shape index (κ3) is 3.49. The number of nitrogens with one attached hydrogen (secondary N) is 1. The minimum atomic E-state index is -2.56. The number of rotatable bonds is 3. The average molecular weight is 330 g/mol. The number of alkyl halides is 2. The minimum absolute atomic E-state index is 0.0668. The molecule has 1 aliphatic rings. The summed E-state index contributed by atoms with van der Waals surface area (Å²) >= 11 is 5.97. The lowest BCUT2D eigenvalue weighted by molar-refractivity contribution is -0.0361. The summed E-state index contributed by atoms with van der Waals surface area (Å²) in [4.78, 5) is 12.3. The van der Waals surface area contributed by atoms with Crippen molar-refractivity contribution in [1.29, 1.82) is 0 Å². The van der Waals surface area contributed by atoms with E-state index < -0.39 is 5.92 Å². The first-order chi connectivity index (χ1) is 10.4. The predicted octanol–water partition coefficient (Wildman–Crippen LogP) is 3.48. The second-order valence-electron chi connectivity index (χ2n) is 5.32. The zero-order valence-corrected chi connectivity index (χ0v) is 12.6. The number of anilines is 1. The highest BCUT2D eigenvalue weighted by molar-refractivity contribution is 6.29. The van der Waals surface area contributed by atoms with Crippen molar-refractivity contribution in [2.75, 3.05) is 5.32 Å². The summed E-state index contributed by atoms with van der Waals surface area (Å²) in [6, 6.07) is 1.48. The molecule has 1 fully saturated rings. The first kappa shape index (κ1) is 15.1. The molecule has 0 radical (unpaired) electrons. The lowest BCUT2D eigenvalue weighted by Gasteiger charge is -2.29. The first-order valence-electron chi connectivity index (χ1n) is 6.91. The third-order valence-electron chi connectivity index (χ3n) is 3.48. The van der Waals surface area contributed by atoms with Gasteiger partial charge in [-0.1, -0.05) is 16.8 Å². The Kier molecular flexibility index (Phi) is 3.94. The van der Waals surface area contributed by atoms with Crippen molar-refractivity contribution in [3.63, 3.8) is 0 Å². The van der Waals surface area contributed by atoms with Crippen LogP contribution < -0.4 is 5.32 Å². The summed E-state index contributed by atoms with van der Waals surface area (Å²) in [5.74, 6) is -1.27. The van der Waals surface area contributed by atoms with E-state index in [4.69, 9.17) is 16.1 Å². The molecule has 0 amide bonds. The van der Waals surface area contributed by atoms with Crippen LogP contribution >= 0.6 is 11.6 Å². The van der Waals surface area contributed by atoms with E-state index >= 15 is 0 Å². The average Bonchev–Trinajstić information content (AvgIpc) is 2.87. The van der Waals surface area contributed by atoms with Crippen LogP contribution in [0.1, 0.15) is 31.5 Å². The molecule has 22 heavy (non-hydrogen) atoms. The van der Waals surface area contributed by atoms with Crippen LogP contribution in [0.25, 0.3) is 11.7 Å². The van der Waals surface area contributed by atoms with Crippen LogP contribution in [0.2, 0.25) is 5.15 Å². The van der Waals surface area contributed by atoms with Gasteiger partial charge in [-0.25, -0.2) is 18.7 Å². The summed E-state index contributed by atoms with van der Waals surface area (Å²) in [5, 5.41) is 7.00. The number of hydrogen-bond acceptors (Lipinski definition) is 6. The van der Waals surface area contributed by atoms with E-state index in [0.717, 1.165) is 0 Å². The van der Waals surface area contributed by atoms with Crippen molar-refractivity contribution in [2.24, 2.45) is 0 Å². The van der Waals surface area contributed by atoms with E-state index in [1.54, 1.807) is 13.0 Å². The zero-order chi connectivity index (χ0) is 15.7. The van der Waals surface area contributed by atoms with E-state index in [0.29, 0.717) is 24.5 Å². The third-order valence-corrected chi connectivity index (χ3v) is 3.68. The van der Waals surface area contributed by atoms with Gasteiger partial charge in [-0.2, -0.15) is 4.98 Å². The fourth-order valence-corrected chi connectivity index (χ4v) is 2.55. The van der Waals surface area contributed by atoms with E-state index in [1.807, 2.05) is 0 Å². The molecule has 2 heterocycles. The van der Waals surface area contributed by atoms with Gasteiger partial charge in [0.2, 0.25) is 11.7 Å². The molecule has 118 valence electrons. The summed E-state index contributed by atoms with van der Waals surface area (Å²) < 4.78 is 31.3. The molecule has 0 saturated heterocycles. The second-order valence-corrected chi connectivity index (χ2v) is 5.71. The quantitative estimate of drug-likeness (QED) is 0.869. The Balaban J connectivity index is 1.76. The Labute approximate surface area is 130 Å². The molecule has 0 atom stereocenters. The van der Waals surface area contributed by atoms with Gasteiger partial charge in [0, 0.05) is 24.9 Å². The van der Waals surface area contributed by atoms with Crippen molar-refractivity contribution in [1.82, 2.24) is 20.1 Å². The van der Waals surface area contributed by atoms with Gasteiger partial charge in [-0.05, 0) is 19.8 Å². The maximum Gasteiger partial charge on any atom is 0.295 e. The Morgan fingerprint density at radius 1 is 1.27 bits per heavy atom. The molecule has 3 rings (SSSR count). The van der Waals surface area contributed by atoms with Crippen LogP contribution in [0.3, 0.4) is 0 Å². The molecule has 0 unspecified atom stereocenters. The van der Waals surface area contributed by atoms with Crippen molar-refractivity contribution >= 4 is 17.4 Å². The lowest BCUT2D eigenvalue weighted by atomic mass is 9.92. The molecule has 0 spiro atoms. The first-order valence-corrected chi connectivity index (χ1v) is 7.29. The molecule has 2 aromatic heterocycles. The summed E-state index contributed by atoms with van der Waals surface area (Å²) in [5.41, 5.74) is 0. The number of halogens is 3. The van der Waals surface area contributed by atoms with E-state index in [2.05, 4.69) is 25.4 Å². The van der Waals surface area contributed by atoms with Gasteiger partial charge in [0.1, 0.15) is 11.0 Å². The summed E-state index contributed by atoms with van der Waals surface area (Å²) in [6.07, 6.45) is 0.506. The van der Waals surface area contributed by atoms with Crippen molar-refractivity contribution in [3.8, 4) is 11.7 Å². The largest absolute Gasteiger partial charge is 0.367 e. The molecule has 1 aliphatic carbocycles. The SMILES string of the molecule is Cc1noc(-c2nc(Cl)cc(NC3CCC(F)(F)CC3)n2)n1. The molecular formula is C13H14ClF2N5O. The van der Waals surface area contributed by atoms with Gasteiger partial charge in [0.25, 0.3) is 5.89 Å². The number of hydrogen-bond donors (Lipinski definition) is 1. The van der Waals surface area contributed by atoms with E-state index in [-0.39, 0.29) is 35.8 Å². The highest BCUT2D eigenvalue weighted by atomic mass is 35.5. The molecule has 9 heteroatoms. The van der Waals surface area contributed by atoms with Crippen molar-refractivity contribution < 1.29 is 13.3 Å². The van der Waals surface area contributed by atoms with Crippen LogP contribution in [0.5, 0.6) is 0 Å². The standard InChI is InChI=1S/C13H14ClF2N5O/c1-7-17-12(22-21-7)11-19-9(14)6-10(20-11)18-8-2-4-13(15,16)5-3-8/h6,8H,2-5H2,1H3,(H,18,19,20). The molecule has 0 aliphatic heterocycles. The van der Waals surface area contributed by atoms with Crippen LogP contribution in [0.4, 0.5) is 14.6 Å². The Bertz CT molecular complexity index is 668. The molecular weight excluding hydrogens is 316 g/mol. The highest BCUT2D eigenvalue weighted by Gasteiger charge is 2.35.